The summed E-state index contributed by atoms with van der Waals surface area (Å²) < 4.78 is 0. The molecule has 3 rings (SSSR count). The van der Waals surface area contributed by atoms with Crippen LogP contribution >= 0.6 is 0 Å². The van der Waals surface area contributed by atoms with Gasteiger partial charge in [-0.05, 0) is 30.3 Å². The summed E-state index contributed by atoms with van der Waals surface area (Å²) in [7, 11) is 0. The molecule has 0 radical (unpaired) electrons. The third-order valence-electron chi connectivity index (χ3n) is 3.85. The van der Waals surface area contributed by atoms with E-state index in [1.54, 1.807) is 66.7 Å². The Labute approximate surface area is 150 Å². The van der Waals surface area contributed by atoms with E-state index in [9.17, 15) is 14.4 Å². The molecule has 0 atom stereocenters. The summed E-state index contributed by atoms with van der Waals surface area (Å²) in [6.07, 6.45) is 0. The summed E-state index contributed by atoms with van der Waals surface area (Å²) in [6, 6.07) is 21.7. The smallest absolute Gasteiger partial charge is 0.255 e. The maximum Gasteiger partial charge on any atom is 0.255 e. The van der Waals surface area contributed by atoms with Gasteiger partial charge in [-0.25, -0.2) is 0 Å². The molecule has 0 bridgehead atoms. The number of nitrogens with one attached hydrogen (secondary N) is 1. The van der Waals surface area contributed by atoms with E-state index in [1.165, 1.54) is 6.07 Å². The van der Waals surface area contributed by atoms with Crippen LogP contribution in [0.25, 0.3) is 0 Å². The van der Waals surface area contributed by atoms with Crippen molar-refractivity contribution in [1.82, 2.24) is 0 Å². The highest BCUT2D eigenvalue weighted by molar-refractivity contribution is 6.10. The monoisotopic (exact) mass is 344 g/mol. The molecule has 0 aliphatic rings. The van der Waals surface area contributed by atoms with Gasteiger partial charge in [0.1, 0.15) is 0 Å². The number of primary amides is 1. The number of hydrogen-bond donors (Lipinski definition) is 2. The van der Waals surface area contributed by atoms with Crippen LogP contribution in [0.2, 0.25) is 0 Å². The summed E-state index contributed by atoms with van der Waals surface area (Å²) in [5, 5.41) is 2.70. The number of hydrogen-bond acceptors (Lipinski definition) is 3. The van der Waals surface area contributed by atoms with Gasteiger partial charge in [0.05, 0.1) is 0 Å². The molecule has 0 heterocycles. The van der Waals surface area contributed by atoms with Crippen molar-refractivity contribution in [3.05, 3.63) is 101 Å². The Morgan fingerprint density at radius 1 is 0.654 bits per heavy atom. The molecule has 0 unspecified atom stereocenters. The summed E-state index contributed by atoms with van der Waals surface area (Å²) in [4.78, 5) is 35.9. The summed E-state index contributed by atoms with van der Waals surface area (Å²) in [5.41, 5.74) is 7.51. The van der Waals surface area contributed by atoms with Gasteiger partial charge in [0.15, 0.2) is 5.78 Å². The Morgan fingerprint density at radius 3 is 1.88 bits per heavy atom. The van der Waals surface area contributed by atoms with Crippen molar-refractivity contribution in [2.24, 2.45) is 5.73 Å². The first-order valence-electron chi connectivity index (χ1n) is 7.95. The second-order valence-electron chi connectivity index (χ2n) is 5.67. The highest BCUT2D eigenvalue weighted by Gasteiger charge is 2.11. The number of carbonyl (C=O) groups is 3. The van der Waals surface area contributed by atoms with Crippen LogP contribution in [0.3, 0.4) is 0 Å². The number of benzene rings is 3. The Balaban J connectivity index is 1.74. The van der Waals surface area contributed by atoms with Crippen molar-refractivity contribution < 1.29 is 14.4 Å². The number of ketones is 1. The Kier molecular flexibility index (Phi) is 4.90. The van der Waals surface area contributed by atoms with Gasteiger partial charge in [-0.3, -0.25) is 14.4 Å². The van der Waals surface area contributed by atoms with Gasteiger partial charge in [0.25, 0.3) is 5.91 Å². The number of rotatable bonds is 5. The van der Waals surface area contributed by atoms with Crippen molar-refractivity contribution in [2.45, 2.75) is 0 Å². The average molecular weight is 344 g/mol. The Morgan fingerprint density at radius 2 is 1.23 bits per heavy atom. The van der Waals surface area contributed by atoms with Crippen molar-refractivity contribution in [2.75, 3.05) is 5.32 Å². The zero-order valence-electron chi connectivity index (χ0n) is 13.8. The van der Waals surface area contributed by atoms with Crippen LogP contribution in [0.4, 0.5) is 5.69 Å². The van der Waals surface area contributed by atoms with Crippen LogP contribution in [0.1, 0.15) is 36.6 Å². The molecule has 0 saturated carbocycles. The van der Waals surface area contributed by atoms with Crippen LogP contribution in [0, 0.1) is 0 Å². The standard InChI is InChI=1S/C21H16N2O3/c22-20(25)17-7-4-8-18(13-17)23-21(26)16-11-9-15(10-12-16)19(24)14-5-2-1-3-6-14/h1-13H,(H2,22,25)(H,23,26). The summed E-state index contributed by atoms with van der Waals surface area (Å²) in [5.74, 6) is -1.01. The predicted molar refractivity (Wildman–Crippen MR) is 99.2 cm³/mol. The molecule has 0 aliphatic heterocycles. The van der Waals surface area contributed by atoms with Crippen molar-refractivity contribution in [3.8, 4) is 0 Å². The zero-order chi connectivity index (χ0) is 18.5. The molecule has 2 amide bonds. The molecule has 26 heavy (non-hydrogen) atoms. The van der Waals surface area contributed by atoms with Gasteiger partial charge in [-0.15, -0.1) is 0 Å². The van der Waals surface area contributed by atoms with E-state index >= 15 is 0 Å². The fourth-order valence-electron chi connectivity index (χ4n) is 2.48. The minimum absolute atomic E-state index is 0.105. The van der Waals surface area contributed by atoms with Gasteiger partial charge in [0, 0.05) is 27.9 Å². The molecule has 5 heteroatoms. The second-order valence-corrected chi connectivity index (χ2v) is 5.67. The molecule has 3 N–H and O–H groups in total. The fourth-order valence-corrected chi connectivity index (χ4v) is 2.48. The van der Waals surface area contributed by atoms with Gasteiger partial charge in [-0.2, -0.15) is 0 Å². The zero-order valence-corrected chi connectivity index (χ0v) is 13.8. The Bertz CT molecular complexity index is 964. The first-order valence-corrected chi connectivity index (χ1v) is 7.95. The van der Waals surface area contributed by atoms with E-state index in [-0.39, 0.29) is 11.7 Å². The van der Waals surface area contributed by atoms with Gasteiger partial charge in [-0.1, -0.05) is 48.5 Å². The highest BCUT2D eigenvalue weighted by atomic mass is 16.2. The summed E-state index contributed by atoms with van der Waals surface area (Å²) in [6.45, 7) is 0. The van der Waals surface area contributed by atoms with Crippen LogP contribution in [0.5, 0.6) is 0 Å². The highest BCUT2D eigenvalue weighted by Crippen LogP contribution is 2.14. The first kappa shape index (κ1) is 17.1. The lowest BCUT2D eigenvalue weighted by Crippen LogP contribution is -2.14. The van der Waals surface area contributed by atoms with Crippen molar-refractivity contribution in [3.63, 3.8) is 0 Å². The first-order chi connectivity index (χ1) is 12.5. The molecule has 5 nitrogen and oxygen atoms in total. The van der Waals surface area contributed by atoms with Crippen LogP contribution in [0.15, 0.2) is 78.9 Å². The summed E-state index contributed by atoms with van der Waals surface area (Å²) >= 11 is 0. The molecular weight excluding hydrogens is 328 g/mol. The molecule has 0 aromatic heterocycles. The molecule has 3 aromatic rings. The lowest BCUT2D eigenvalue weighted by atomic mass is 10.0. The number of amides is 2. The maximum absolute atomic E-state index is 12.4. The molecule has 3 aromatic carbocycles. The average Bonchev–Trinajstić information content (AvgIpc) is 2.68. The normalized spacial score (nSPS) is 10.2. The fraction of sp³-hybridized carbons (Fsp3) is 0. The molecule has 0 aliphatic carbocycles. The Hall–Kier alpha value is -3.73. The van der Waals surface area contributed by atoms with E-state index < -0.39 is 5.91 Å². The molecular formula is C21H16N2O3. The predicted octanol–water partition coefficient (Wildman–Crippen LogP) is 3.27. The number of nitrogens with two attached hydrogens (primary N) is 1. The third-order valence-corrected chi connectivity index (χ3v) is 3.85. The minimum atomic E-state index is -0.565. The SMILES string of the molecule is NC(=O)c1cccc(NC(=O)c2ccc(C(=O)c3ccccc3)cc2)c1. The molecule has 0 fully saturated rings. The van der Waals surface area contributed by atoms with E-state index in [4.69, 9.17) is 5.73 Å². The molecule has 128 valence electrons. The molecule has 0 spiro atoms. The lowest BCUT2D eigenvalue weighted by Gasteiger charge is -2.07. The largest absolute Gasteiger partial charge is 0.366 e. The van der Waals surface area contributed by atoms with Crippen molar-refractivity contribution >= 4 is 23.3 Å². The van der Waals surface area contributed by atoms with E-state index in [0.717, 1.165) is 0 Å². The quantitative estimate of drug-likeness (QED) is 0.696. The minimum Gasteiger partial charge on any atom is -0.366 e. The number of anilines is 1. The van der Waals surface area contributed by atoms with Crippen LogP contribution in [-0.4, -0.2) is 17.6 Å². The number of carbonyl (C=O) groups excluding carboxylic acids is 3. The van der Waals surface area contributed by atoms with Crippen LogP contribution < -0.4 is 11.1 Å². The van der Waals surface area contributed by atoms with Gasteiger partial charge in [0.2, 0.25) is 5.91 Å². The topological polar surface area (TPSA) is 89.3 Å². The van der Waals surface area contributed by atoms with Gasteiger partial charge < -0.3 is 11.1 Å². The van der Waals surface area contributed by atoms with Crippen LogP contribution in [-0.2, 0) is 0 Å². The second kappa shape index (κ2) is 7.44. The molecule has 0 saturated heterocycles. The van der Waals surface area contributed by atoms with Gasteiger partial charge >= 0.3 is 0 Å². The van der Waals surface area contributed by atoms with E-state index in [2.05, 4.69) is 5.32 Å². The van der Waals surface area contributed by atoms with E-state index in [1.807, 2.05) is 6.07 Å². The van der Waals surface area contributed by atoms with Crippen molar-refractivity contribution in [1.29, 1.82) is 0 Å². The third kappa shape index (κ3) is 3.84. The maximum atomic E-state index is 12.4. The van der Waals surface area contributed by atoms with E-state index in [0.29, 0.717) is 27.9 Å². The lowest BCUT2D eigenvalue weighted by molar-refractivity contribution is 0.0996.